The second-order valence-corrected chi connectivity index (χ2v) is 7.83. The van der Waals surface area contributed by atoms with E-state index >= 15 is 0 Å². The van der Waals surface area contributed by atoms with E-state index in [9.17, 15) is 14.7 Å². The van der Waals surface area contributed by atoms with Gasteiger partial charge >= 0.3 is 5.69 Å². The van der Waals surface area contributed by atoms with Crippen LogP contribution in [0.5, 0.6) is 5.75 Å². The smallest absolute Gasteiger partial charge is 0.332 e. The highest BCUT2D eigenvalue weighted by Gasteiger charge is 2.21. The lowest BCUT2D eigenvalue weighted by atomic mass is 10.2. The van der Waals surface area contributed by atoms with Crippen LogP contribution < -0.4 is 16.0 Å². The van der Waals surface area contributed by atoms with Crippen LogP contribution in [0.4, 0.5) is 0 Å². The Morgan fingerprint density at radius 2 is 1.86 bits per heavy atom. The maximum atomic E-state index is 12.7. The third kappa shape index (κ3) is 3.85. The number of aliphatic hydroxyl groups is 1. The molecule has 0 saturated heterocycles. The van der Waals surface area contributed by atoms with E-state index in [1.807, 2.05) is 38.1 Å². The van der Waals surface area contributed by atoms with Gasteiger partial charge in [0.2, 0.25) is 0 Å². The largest absolute Gasteiger partial charge is 0.491 e. The lowest BCUT2D eigenvalue weighted by Gasteiger charge is -2.15. The Labute approximate surface area is 166 Å². The Kier molecular flexibility index (Phi) is 5.95. The molecular weight excluding hydrogens is 380 g/mol. The molecule has 0 saturated carbocycles. The van der Waals surface area contributed by atoms with Crippen LogP contribution in [0.2, 0.25) is 0 Å². The first-order valence-corrected chi connectivity index (χ1v) is 9.98. The van der Waals surface area contributed by atoms with Gasteiger partial charge in [0.1, 0.15) is 18.5 Å². The molecule has 1 aromatic carbocycles. The summed E-state index contributed by atoms with van der Waals surface area (Å²) < 4.78 is 9.73. The highest BCUT2D eigenvalue weighted by Crippen LogP contribution is 2.22. The van der Waals surface area contributed by atoms with Gasteiger partial charge in [-0.3, -0.25) is 13.9 Å². The SMILES string of the molecule is CCSc1nc2c(c(=O)n(C)c(=O)n2C)n1C[C@@H](O)COc1ccc(C)cc1. The predicted octanol–water partition coefficient (Wildman–Crippen LogP) is 1.29. The third-order valence-electron chi connectivity index (χ3n) is 4.44. The molecule has 2 heterocycles. The fourth-order valence-electron chi connectivity index (χ4n) is 2.93. The summed E-state index contributed by atoms with van der Waals surface area (Å²) in [6, 6.07) is 7.56. The highest BCUT2D eigenvalue weighted by molar-refractivity contribution is 7.99. The van der Waals surface area contributed by atoms with Crippen LogP contribution in [0.1, 0.15) is 12.5 Å². The predicted molar refractivity (Wildman–Crippen MR) is 109 cm³/mol. The first kappa shape index (κ1) is 20.2. The van der Waals surface area contributed by atoms with Crippen molar-refractivity contribution in [2.45, 2.75) is 31.7 Å². The minimum absolute atomic E-state index is 0.0744. The molecule has 0 spiro atoms. The Morgan fingerprint density at radius 1 is 1.18 bits per heavy atom. The second kappa shape index (κ2) is 8.24. The molecule has 0 fully saturated rings. The number of imidazole rings is 1. The number of rotatable bonds is 7. The van der Waals surface area contributed by atoms with Crippen LogP contribution in [-0.4, -0.2) is 42.3 Å². The Bertz CT molecular complexity index is 1100. The average molecular weight is 404 g/mol. The van der Waals surface area contributed by atoms with Crippen LogP contribution in [0.15, 0.2) is 39.0 Å². The van der Waals surface area contributed by atoms with Crippen LogP contribution in [-0.2, 0) is 20.6 Å². The molecule has 2 aromatic heterocycles. The molecule has 8 nitrogen and oxygen atoms in total. The molecule has 0 aliphatic rings. The van der Waals surface area contributed by atoms with E-state index in [-0.39, 0.29) is 13.2 Å². The third-order valence-corrected chi connectivity index (χ3v) is 5.30. The van der Waals surface area contributed by atoms with Crippen molar-refractivity contribution in [1.82, 2.24) is 18.7 Å². The lowest BCUT2D eigenvalue weighted by molar-refractivity contribution is 0.0913. The highest BCUT2D eigenvalue weighted by atomic mass is 32.2. The molecule has 150 valence electrons. The summed E-state index contributed by atoms with van der Waals surface area (Å²) in [5, 5.41) is 11.1. The van der Waals surface area contributed by atoms with Gasteiger partial charge in [-0.05, 0) is 24.8 Å². The van der Waals surface area contributed by atoms with E-state index < -0.39 is 17.4 Å². The number of fused-ring (bicyclic) bond motifs is 1. The topological polar surface area (TPSA) is 91.3 Å². The van der Waals surface area contributed by atoms with Crippen molar-refractivity contribution in [3.63, 3.8) is 0 Å². The fraction of sp³-hybridized carbons (Fsp3) is 0.421. The van der Waals surface area contributed by atoms with Crippen LogP contribution in [0, 0.1) is 6.92 Å². The number of benzene rings is 1. The van der Waals surface area contributed by atoms with E-state index in [0.717, 1.165) is 15.9 Å². The van der Waals surface area contributed by atoms with Crippen molar-refractivity contribution in [1.29, 1.82) is 0 Å². The number of ether oxygens (including phenoxy) is 1. The zero-order valence-corrected chi connectivity index (χ0v) is 17.2. The van der Waals surface area contributed by atoms with Gasteiger partial charge in [-0.15, -0.1) is 0 Å². The van der Waals surface area contributed by atoms with E-state index in [1.165, 1.54) is 23.4 Å². The van der Waals surface area contributed by atoms with Gasteiger partial charge in [0.25, 0.3) is 5.56 Å². The molecule has 0 amide bonds. The molecule has 0 bridgehead atoms. The number of hydrogen-bond acceptors (Lipinski definition) is 6. The van der Waals surface area contributed by atoms with Crippen molar-refractivity contribution >= 4 is 22.9 Å². The van der Waals surface area contributed by atoms with Gasteiger partial charge in [-0.1, -0.05) is 36.4 Å². The molecule has 0 radical (unpaired) electrons. The normalized spacial score (nSPS) is 12.5. The average Bonchev–Trinajstić information content (AvgIpc) is 3.03. The molecule has 1 atom stereocenters. The Hall–Kier alpha value is -2.52. The van der Waals surface area contributed by atoms with Gasteiger partial charge in [0, 0.05) is 14.1 Å². The summed E-state index contributed by atoms with van der Waals surface area (Å²) >= 11 is 1.45. The second-order valence-electron chi connectivity index (χ2n) is 6.59. The molecule has 28 heavy (non-hydrogen) atoms. The van der Waals surface area contributed by atoms with Gasteiger partial charge in [-0.2, -0.15) is 0 Å². The van der Waals surface area contributed by atoms with Crippen molar-refractivity contribution in [3.8, 4) is 5.75 Å². The molecule has 0 aliphatic heterocycles. The number of aliphatic hydroxyl groups excluding tert-OH is 1. The van der Waals surface area contributed by atoms with Crippen molar-refractivity contribution in [2.24, 2.45) is 14.1 Å². The van der Waals surface area contributed by atoms with E-state index in [2.05, 4.69) is 4.98 Å². The summed E-state index contributed by atoms with van der Waals surface area (Å²) in [4.78, 5) is 29.4. The number of aryl methyl sites for hydroxylation is 2. The molecule has 0 aliphatic carbocycles. The Balaban J connectivity index is 1.92. The summed E-state index contributed by atoms with van der Waals surface area (Å²) in [7, 11) is 3.02. The maximum absolute atomic E-state index is 12.7. The Morgan fingerprint density at radius 3 is 2.50 bits per heavy atom. The van der Waals surface area contributed by atoms with Crippen molar-refractivity contribution < 1.29 is 9.84 Å². The lowest BCUT2D eigenvalue weighted by Crippen LogP contribution is -2.38. The summed E-state index contributed by atoms with van der Waals surface area (Å²) in [5.41, 5.74) is 0.879. The summed E-state index contributed by atoms with van der Waals surface area (Å²) in [6.45, 7) is 4.18. The standard InChI is InChI=1S/C19H24N4O4S/c1-5-28-18-20-16-15(17(25)22(4)19(26)21(16)3)23(18)10-13(24)11-27-14-8-6-12(2)7-9-14/h6-9,13,24H,5,10-11H2,1-4H3/t13-/m1/s1. The van der Waals surface area contributed by atoms with E-state index in [4.69, 9.17) is 4.74 Å². The summed E-state index contributed by atoms with van der Waals surface area (Å²) in [5.74, 6) is 1.41. The van der Waals surface area contributed by atoms with Gasteiger partial charge in [-0.25, -0.2) is 9.78 Å². The zero-order valence-electron chi connectivity index (χ0n) is 16.4. The molecular formula is C19H24N4O4S. The molecule has 3 aromatic rings. The van der Waals surface area contributed by atoms with Gasteiger partial charge in [0.15, 0.2) is 16.3 Å². The number of nitrogens with zero attached hydrogens (tertiary/aromatic N) is 4. The zero-order chi connectivity index (χ0) is 20.4. The van der Waals surface area contributed by atoms with Crippen LogP contribution in [0.3, 0.4) is 0 Å². The van der Waals surface area contributed by atoms with Crippen molar-refractivity contribution in [2.75, 3.05) is 12.4 Å². The monoisotopic (exact) mass is 404 g/mol. The fourth-order valence-corrected chi connectivity index (χ4v) is 3.66. The maximum Gasteiger partial charge on any atom is 0.332 e. The van der Waals surface area contributed by atoms with Crippen LogP contribution in [0.25, 0.3) is 11.2 Å². The number of hydrogen-bond donors (Lipinski definition) is 1. The molecule has 0 unspecified atom stereocenters. The molecule has 3 rings (SSSR count). The molecule has 9 heteroatoms. The van der Waals surface area contributed by atoms with Gasteiger partial charge < -0.3 is 14.4 Å². The number of aromatic nitrogens is 4. The van der Waals surface area contributed by atoms with E-state index in [0.29, 0.717) is 22.1 Å². The molecule has 1 N–H and O–H groups in total. The minimum Gasteiger partial charge on any atom is -0.491 e. The minimum atomic E-state index is -0.850. The van der Waals surface area contributed by atoms with Crippen molar-refractivity contribution in [3.05, 3.63) is 50.7 Å². The van der Waals surface area contributed by atoms with E-state index in [1.54, 1.807) is 11.6 Å². The quantitative estimate of drug-likeness (QED) is 0.597. The first-order chi connectivity index (χ1) is 13.3. The first-order valence-electron chi connectivity index (χ1n) is 9.00. The van der Waals surface area contributed by atoms with Gasteiger partial charge in [0.05, 0.1) is 6.54 Å². The summed E-state index contributed by atoms with van der Waals surface area (Å²) in [6.07, 6.45) is -0.850. The number of thioether (sulfide) groups is 1. The van der Waals surface area contributed by atoms with Crippen LogP contribution >= 0.6 is 11.8 Å².